The average molecular weight is 497 g/mol. The van der Waals surface area contributed by atoms with E-state index in [4.69, 9.17) is 0 Å². The molecule has 1 aromatic heterocycles. The Kier molecular flexibility index (Phi) is 7.64. The van der Waals surface area contributed by atoms with Gasteiger partial charge in [-0.15, -0.1) is 0 Å². The van der Waals surface area contributed by atoms with Crippen LogP contribution in [-0.4, -0.2) is 60.8 Å². The molecule has 0 spiro atoms. The number of sulfonamides is 1. The summed E-state index contributed by atoms with van der Waals surface area (Å²) in [4.78, 5) is 15.7. The smallest absolute Gasteiger partial charge is 0.267 e. The lowest BCUT2D eigenvalue weighted by Gasteiger charge is -2.18. The van der Waals surface area contributed by atoms with Crippen LogP contribution in [0.25, 0.3) is 10.9 Å². The highest BCUT2D eigenvalue weighted by molar-refractivity contribution is 7.89. The summed E-state index contributed by atoms with van der Waals surface area (Å²) in [5.41, 5.74) is 3.95. The maximum Gasteiger partial charge on any atom is 0.267 e. The first kappa shape index (κ1) is 25.4. The minimum atomic E-state index is -3.55. The molecule has 188 valence electrons. The van der Waals surface area contributed by atoms with E-state index in [0.717, 1.165) is 37.0 Å². The largest absolute Gasteiger partial charge is 0.350 e. The summed E-state index contributed by atoms with van der Waals surface area (Å²) in [5.74, 6) is 0.290. The molecule has 1 fully saturated rings. The Labute approximate surface area is 208 Å². The SMILES string of the molecule is CCN(CC)S(=O)(=O)c1ccc2c(c1)cc(C(=O)NCC1CCN(Cc3ccc(C)cc3)C1)n2C. The van der Waals surface area contributed by atoms with Crippen LogP contribution in [-0.2, 0) is 23.6 Å². The van der Waals surface area contributed by atoms with Crippen LogP contribution in [0.1, 0.15) is 41.9 Å². The molecule has 4 rings (SSSR count). The van der Waals surface area contributed by atoms with Gasteiger partial charge in [0, 0.05) is 50.7 Å². The maximum atomic E-state index is 13.0. The number of fused-ring (bicyclic) bond motifs is 1. The summed E-state index contributed by atoms with van der Waals surface area (Å²) in [5, 5.41) is 3.85. The quantitative estimate of drug-likeness (QED) is 0.489. The van der Waals surface area contributed by atoms with E-state index >= 15 is 0 Å². The van der Waals surface area contributed by atoms with E-state index in [9.17, 15) is 13.2 Å². The van der Waals surface area contributed by atoms with Crippen molar-refractivity contribution in [2.24, 2.45) is 13.0 Å². The van der Waals surface area contributed by atoms with Crippen LogP contribution in [0, 0.1) is 12.8 Å². The molecule has 2 heterocycles. The summed E-state index contributed by atoms with van der Waals surface area (Å²) in [7, 11) is -1.71. The summed E-state index contributed by atoms with van der Waals surface area (Å²) in [6.45, 7) is 10.2. The number of rotatable bonds is 9. The van der Waals surface area contributed by atoms with E-state index in [0.29, 0.717) is 31.2 Å². The second-order valence-electron chi connectivity index (χ2n) is 9.48. The fraction of sp³-hybridized carbons (Fsp3) is 0.444. The molecule has 1 saturated heterocycles. The number of aryl methyl sites for hydroxylation is 2. The van der Waals surface area contributed by atoms with E-state index < -0.39 is 10.0 Å². The molecule has 0 radical (unpaired) electrons. The third kappa shape index (κ3) is 5.44. The van der Waals surface area contributed by atoms with Gasteiger partial charge in [0.05, 0.1) is 4.90 Å². The van der Waals surface area contributed by atoms with Gasteiger partial charge in [-0.25, -0.2) is 8.42 Å². The first-order valence-corrected chi connectivity index (χ1v) is 13.8. The van der Waals surface area contributed by atoms with Gasteiger partial charge >= 0.3 is 0 Å². The molecule has 0 aliphatic carbocycles. The van der Waals surface area contributed by atoms with Gasteiger partial charge in [0.2, 0.25) is 10.0 Å². The Morgan fingerprint density at radius 1 is 1.09 bits per heavy atom. The molecule has 7 nitrogen and oxygen atoms in total. The highest BCUT2D eigenvalue weighted by Gasteiger charge is 2.25. The van der Waals surface area contributed by atoms with Gasteiger partial charge in [0.1, 0.15) is 5.69 Å². The van der Waals surface area contributed by atoms with E-state index in [1.165, 1.54) is 15.4 Å². The lowest BCUT2D eigenvalue weighted by atomic mass is 10.1. The first-order chi connectivity index (χ1) is 16.7. The number of amides is 1. The van der Waals surface area contributed by atoms with E-state index in [1.807, 2.05) is 25.5 Å². The molecule has 35 heavy (non-hydrogen) atoms. The van der Waals surface area contributed by atoms with Crippen molar-refractivity contribution < 1.29 is 13.2 Å². The first-order valence-electron chi connectivity index (χ1n) is 12.4. The summed E-state index contributed by atoms with van der Waals surface area (Å²) in [6.07, 6.45) is 1.06. The van der Waals surface area contributed by atoms with Crippen LogP contribution in [0.3, 0.4) is 0 Å². The number of carbonyl (C=O) groups is 1. The normalized spacial score (nSPS) is 16.9. The highest BCUT2D eigenvalue weighted by Crippen LogP contribution is 2.25. The number of likely N-dealkylation sites (tertiary alicyclic amines) is 1. The van der Waals surface area contributed by atoms with Gasteiger partial charge in [-0.1, -0.05) is 43.7 Å². The second-order valence-corrected chi connectivity index (χ2v) is 11.4. The number of aromatic nitrogens is 1. The number of benzene rings is 2. The zero-order chi connectivity index (χ0) is 25.2. The summed E-state index contributed by atoms with van der Waals surface area (Å²) < 4.78 is 29.1. The minimum Gasteiger partial charge on any atom is -0.350 e. The Morgan fingerprint density at radius 2 is 1.80 bits per heavy atom. The van der Waals surface area contributed by atoms with Crippen molar-refractivity contribution in [1.82, 2.24) is 19.1 Å². The van der Waals surface area contributed by atoms with Crippen LogP contribution in [0.15, 0.2) is 53.4 Å². The predicted octanol–water partition coefficient (Wildman–Crippen LogP) is 3.77. The van der Waals surface area contributed by atoms with Gasteiger partial charge in [0.15, 0.2) is 0 Å². The molecule has 8 heteroatoms. The summed E-state index contributed by atoms with van der Waals surface area (Å²) in [6, 6.07) is 15.5. The van der Waals surface area contributed by atoms with Crippen molar-refractivity contribution in [2.45, 2.75) is 38.6 Å². The standard InChI is InChI=1S/C27H36N4O3S/c1-5-31(6-2)35(33,34)24-11-12-25-23(15-24)16-26(29(25)4)27(32)28-17-22-13-14-30(19-22)18-21-9-7-20(3)8-10-21/h7-12,15-16,22H,5-6,13-14,17-19H2,1-4H3,(H,28,32). The molecule has 1 aliphatic rings. The monoisotopic (exact) mass is 496 g/mol. The van der Waals surface area contributed by atoms with Crippen molar-refractivity contribution >= 4 is 26.8 Å². The average Bonchev–Trinajstić information content (AvgIpc) is 3.43. The van der Waals surface area contributed by atoms with Crippen molar-refractivity contribution in [3.8, 4) is 0 Å². The maximum absolute atomic E-state index is 13.0. The Balaban J connectivity index is 1.40. The van der Waals surface area contributed by atoms with Gasteiger partial charge in [-0.3, -0.25) is 9.69 Å². The van der Waals surface area contributed by atoms with Gasteiger partial charge in [0.25, 0.3) is 5.91 Å². The minimum absolute atomic E-state index is 0.131. The van der Waals surface area contributed by atoms with E-state index in [-0.39, 0.29) is 10.8 Å². The molecule has 0 bridgehead atoms. The highest BCUT2D eigenvalue weighted by atomic mass is 32.2. The zero-order valence-corrected chi connectivity index (χ0v) is 21.9. The van der Waals surface area contributed by atoms with Crippen molar-refractivity contribution in [3.05, 3.63) is 65.4 Å². The molecule has 1 amide bonds. The number of nitrogens with zero attached hydrogens (tertiary/aromatic N) is 3. The number of hydrogen-bond acceptors (Lipinski definition) is 4. The zero-order valence-electron chi connectivity index (χ0n) is 21.1. The van der Waals surface area contributed by atoms with Crippen molar-refractivity contribution in [3.63, 3.8) is 0 Å². The Hall–Kier alpha value is -2.68. The molecule has 2 aromatic carbocycles. The third-order valence-electron chi connectivity index (χ3n) is 7.04. The van der Waals surface area contributed by atoms with Gasteiger partial charge < -0.3 is 9.88 Å². The van der Waals surface area contributed by atoms with Gasteiger partial charge in [-0.05, 0) is 55.6 Å². The molecule has 3 aromatic rings. The van der Waals surface area contributed by atoms with Crippen LogP contribution in [0.2, 0.25) is 0 Å². The molecular formula is C27H36N4O3S. The van der Waals surface area contributed by atoms with Crippen molar-refractivity contribution in [2.75, 3.05) is 32.7 Å². The Morgan fingerprint density at radius 3 is 2.49 bits per heavy atom. The van der Waals surface area contributed by atoms with Crippen LogP contribution in [0.5, 0.6) is 0 Å². The number of nitrogens with one attached hydrogen (secondary N) is 1. The summed E-state index contributed by atoms with van der Waals surface area (Å²) >= 11 is 0. The fourth-order valence-electron chi connectivity index (χ4n) is 4.92. The van der Waals surface area contributed by atoms with E-state index in [1.54, 1.807) is 24.3 Å². The molecular weight excluding hydrogens is 460 g/mol. The molecule has 1 aliphatic heterocycles. The lowest BCUT2D eigenvalue weighted by Crippen LogP contribution is -2.31. The number of carbonyl (C=O) groups excluding carboxylic acids is 1. The second kappa shape index (κ2) is 10.5. The Bertz CT molecular complexity index is 1290. The fourth-order valence-corrected chi connectivity index (χ4v) is 6.41. The predicted molar refractivity (Wildman–Crippen MR) is 140 cm³/mol. The van der Waals surface area contributed by atoms with E-state index in [2.05, 4.69) is 41.4 Å². The van der Waals surface area contributed by atoms with Gasteiger partial charge in [-0.2, -0.15) is 4.31 Å². The molecule has 1 unspecified atom stereocenters. The van der Waals surface area contributed by atoms with Crippen LogP contribution >= 0.6 is 0 Å². The third-order valence-corrected chi connectivity index (χ3v) is 9.08. The topological polar surface area (TPSA) is 74.7 Å². The molecule has 1 atom stereocenters. The van der Waals surface area contributed by atoms with Crippen LogP contribution in [0.4, 0.5) is 0 Å². The molecule has 0 saturated carbocycles. The number of hydrogen-bond donors (Lipinski definition) is 1. The van der Waals surface area contributed by atoms with Crippen LogP contribution < -0.4 is 5.32 Å². The molecule has 1 N–H and O–H groups in total. The van der Waals surface area contributed by atoms with Crippen molar-refractivity contribution in [1.29, 1.82) is 0 Å². The lowest BCUT2D eigenvalue weighted by molar-refractivity contribution is 0.0939.